The standard InChI is InChI=1S/C56H32N6/c57-33-35-27-38(61-50-25-13-9-21-41(50)44-29-53-43(30-55(44)61)39-19-7-11-23-48(39)59(53)36-15-3-1-4-16-36)28-52(47(35)34-58)62-51-26-14-10-22-42(51)46-31-54-45(32-56(46)62)40-20-8-12-24-49(40)60(54)37-17-5-2-6-18-37/h1-32H. The number of nitrogens with zero attached hydrogens (tertiary/aromatic N) is 6. The van der Waals surface area contributed by atoms with Gasteiger partial charge in [0.15, 0.2) is 0 Å². The lowest BCUT2D eigenvalue weighted by atomic mass is 10.0. The van der Waals surface area contributed by atoms with E-state index in [0.717, 1.165) is 104 Å². The van der Waals surface area contributed by atoms with Crippen molar-refractivity contribution in [2.75, 3.05) is 0 Å². The minimum atomic E-state index is 0.320. The fourth-order valence-corrected chi connectivity index (χ4v) is 10.2. The summed E-state index contributed by atoms with van der Waals surface area (Å²) >= 11 is 0. The summed E-state index contributed by atoms with van der Waals surface area (Å²) in [5, 5.41) is 30.7. The number of hydrogen-bond acceptors (Lipinski definition) is 2. The Bertz CT molecular complexity index is 4110. The first-order valence-corrected chi connectivity index (χ1v) is 20.7. The smallest absolute Gasteiger partial charge is 0.103 e. The molecule has 286 valence electrons. The molecule has 4 aromatic heterocycles. The van der Waals surface area contributed by atoms with E-state index in [9.17, 15) is 10.5 Å². The Morgan fingerprint density at radius 3 is 1.00 bits per heavy atom. The van der Waals surface area contributed by atoms with Gasteiger partial charge in [0.25, 0.3) is 0 Å². The summed E-state index contributed by atoms with van der Waals surface area (Å²) in [7, 11) is 0. The summed E-state index contributed by atoms with van der Waals surface area (Å²) in [6, 6.07) is 73.1. The van der Waals surface area contributed by atoms with E-state index in [1.54, 1.807) is 0 Å². The number of rotatable bonds is 4. The van der Waals surface area contributed by atoms with Gasteiger partial charge in [-0.3, -0.25) is 0 Å². The highest BCUT2D eigenvalue weighted by Gasteiger charge is 2.24. The third-order valence-corrected chi connectivity index (χ3v) is 12.8. The van der Waals surface area contributed by atoms with Crippen LogP contribution in [0.15, 0.2) is 194 Å². The van der Waals surface area contributed by atoms with Gasteiger partial charge in [0, 0.05) is 60.2 Å². The molecule has 9 aromatic carbocycles. The fraction of sp³-hybridized carbons (Fsp3) is 0. The van der Waals surface area contributed by atoms with Gasteiger partial charge >= 0.3 is 0 Å². The maximum absolute atomic E-state index is 11.0. The minimum Gasteiger partial charge on any atom is -0.309 e. The third-order valence-electron chi connectivity index (χ3n) is 12.8. The van der Waals surface area contributed by atoms with E-state index in [1.165, 1.54) is 0 Å². The molecule has 62 heavy (non-hydrogen) atoms. The second-order valence-electron chi connectivity index (χ2n) is 16.0. The molecule has 4 heterocycles. The molecule has 0 saturated carbocycles. The van der Waals surface area contributed by atoms with Crippen LogP contribution in [0.25, 0.3) is 110 Å². The summed E-state index contributed by atoms with van der Waals surface area (Å²) in [6.45, 7) is 0. The largest absolute Gasteiger partial charge is 0.309 e. The molecule has 6 heteroatoms. The van der Waals surface area contributed by atoms with Gasteiger partial charge in [-0.1, -0.05) is 109 Å². The summed E-state index contributed by atoms with van der Waals surface area (Å²) in [5.74, 6) is 0. The van der Waals surface area contributed by atoms with E-state index < -0.39 is 0 Å². The Labute approximate surface area is 354 Å². The van der Waals surface area contributed by atoms with E-state index in [0.29, 0.717) is 16.8 Å². The van der Waals surface area contributed by atoms with Gasteiger partial charge in [0.1, 0.15) is 12.1 Å². The van der Waals surface area contributed by atoms with Crippen molar-refractivity contribution < 1.29 is 0 Å². The molecule has 0 radical (unpaired) electrons. The second-order valence-corrected chi connectivity index (χ2v) is 16.0. The van der Waals surface area contributed by atoms with E-state index in [1.807, 2.05) is 18.2 Å². The van der Waals surface area contributed by atoms with Crippen molar-refractivity contribution >= 4 is 87.2 Å². The molecule has 0 amide bonds. The molecule has 0 aliphatic heterocycles. The van der Waals surface area contributed by atoms with Crippen LogP contribution in [0.3, 0.4) is 0 Å². The van der Waals surface area contributed by atoms with Crippen molar-refractivity contribution in [3.63, 3.8) is 0 Å². The first-order chi connectivity index (χ1) is 30.7. The van der Waals surface area contributed by atoms with Crippen LogP contribution >= 0.6 is 0 Å². The lowest BCUT2D eigenvalue weighted by Gasteiger charge is -2.16. The van der Waals surface area contributed by atoms with Crippen LogP contribution < -0.4 is 0 Å². The molecule has 0 unspecified atom stereocenters. The number of aromatic nitrogens is 4. The predicted octanol–water partition coefficient (Wildman–Crippen LogP) is 13.8. The minimum absolute atomic E-state index is 0.320. The van der Waals surface area contributed by atoms with Crippen LogP contribution in [0.1, 0.15) is 11.1 Å². The molecular weight excluding hydrogens is 757 g/mol. The van der Waals surface area contributed by atoms with E-state index in [4.69, 9.17) is 0 Å². The first-order valence-electron chi connectivity index (χ1n) is 20.7. The number of para-hydroxylation sites is 6. The normalized spacial score (nSPS) is 11.8. The molecule has 0 spiro atoms. The highest BCUT2D eigenvalue weighted by molar-refractivity contribution is 6.20. The van der Waals surface area contributed by atoms with Crippen LogP contribution in [-0.4, -0.2) is 18.3 Å². The highest BCUT2D eigenvalue weighted by Crippen LogP contribution is 2.43. The number of hydrogen-bond donors (Lipinski definition) is 0. The zero-order valence-corrected chi connectivity index (χ0v) is 33.2. The molecule has 0 aliphatic carbocycles. The van der Waals surface area contributed by atoms with Gasteiger partial charge in [-0.15, -0.1) is 0 Å². The highest BCUT2D eigenvalue weighted by atomic mass is 15.0. The molecule has 6 nitrogen and oxygen atoms in total. The Morgan fingerprint density at radius 2 is 0.613 bits per heavy atom. The lowest BCUT2D eigenvalue weighted by molar-refractivity contribution is 1.12. The average molecular weight is 789 g/mol. The quantitative estimate of drug-likeness (QED) is 0.178. The van der Waals surface area contributed by atoms with Gasteiger partial charge in [-0.05, 0) is 84.9 Å². The van der Waals surface area contributed by atoms with Crippen molar-refractivity contribution in [1.82, 2.24) is 18.3 Å². The Hall–Kier alpha value is -8.84. The maximum Gasteiger partial charge on any atom is 0.103 e. The van der Waals surface area contributed by atoms with Crippen LogP contribution in [-0.2, 0) is 0 Å². The predicted molar refractivity (Wildman–Crippen MR) is 253 cm³/mol. The average Bonchev–Trinajstić information content (AvgIpc) is 4.04. The molecule has 13 rings (SSSR count). The summed E-state index contributed by atoms with van der Waals surface area (Å²) in [5.41, 5.74) is 12.8. The fourth-order valence-electron chi connectivity index (χ4n) is 10.2. The molecule has 13 aromatic rings. The van der Waals surface area contributed by atoms with Gasteiger partial charge in [-0.2, -0.15) is 10.5 Å². The van der Waals surface area contributed by atoms with E-state index >= 15 is 0 Å². The monoisotopic (exact) mass is 788 g/mol. The maximum atomic E-state index is 11.0. The van der Waals surface area contributed by atoms with Crippen LogP contribution in [0.4, 0.5) is 0 Å². The second kappa shape index (κ2) is 12.8. The van der Waals surface area contributed by atoms with Crippen molar-refractivity contribution in [2.45, 2.75) is 0 Å². The Morgan fingerprint density at radius 1 is 0.274 bits per heavy atom. The summed E-state index contributed by atoms with van der Waals surface area (Å²) < 4.78 is 9.15. The molecule has 0 bridgehead atoms. The van der Waals surface area contributed by atoms with Gasteiger partial charge in [0.2, 0.25) is 0 Å². The topological polar surface area (TPSA) is 67.3 Å². The first kappa shape index (κ1) is 34.1. The molecule has 0 aliphatic rings. The molecule has 0 fully saturated rings. The van der Waals surface area contributed by atoms with Crippen molar-refractivity contribution in [3.8, 4) is 34.9 Å². The van der Waals surface area contributed by atoms with Crippen LogP contribution in [0.5, 0.6) is 0 Å². The van der Waals surface area contributed by atoms with Crippen molar-refractivity contribution in [1.29, 1.82) is 10.5 Å². The number of benzene rings is 9. The molecular formula is C56H32N6. The molecule has 0 N–H and O–H groups in total. The van der Waals surface area contributed by atoms with E-state index in [-0.39, 0.29) is 0 Å². The van der Waals surface area contributed by atoms with Gasteiger partial charge in [-0.25, -0.2) is 0 Å². The zero-order chi connectivity index (χ0) is 41.1. The lowest BCUT2D eigenvalue weighted by Crippen LogP contribution is -2.04. The molecule has 0 atom stereocenters. The Kier molecular flexibility index (Phi) is 7.05. The number of nitriles is 2. The van der Waals surface area contributed by atoms with Crippen molar-refractivity contribution in [2.24, 2.45) is 0 Å². The van der Waals surface area contributed by atoms with Crippen LogP contribution in [0, 0.1) is 22.7 Å². The zero-order valence-electron chi connectivity index (χ0n) is 33.2. The van der Waals surface area contributed by atoms with E-state index in [2.05, 4.69) is 206 Å². The van der Waals surface area contributed by atoms with Gasteiger partial charge < -0.3 is 18.3 Å². The number of fused-ring (bicyclic) bond motifs is 12. The third kappa shape index (κ3) is 4.61. The SMILES string of the molecule is N#Cc1cc(-n2c3ccccc3c3cc4c(cc32)c2ccccc2n4-c2ccccc2)cc(-n2c3ccccc3c3cc4c(cc32)c2ccccc2n4-c2ccccc2)c1C#N. The van der Waals surface area contributed by atoms with Crippen molar-refractivity contribution in [3.05, 3.63) is 205 Å². The summed E-state index contributed by atoms with van der Waals surface area (Å²) in [6.07, 6.45) is 0. The Balaban J connectivity index is 1.13. The molecule has 0 saturated heterocycles. The van der Waals surface area contributed by atoms with Gasteiger partial charge in [0.05, 0.1) is 60.9 Å². The van der Waals surface area contributed by atoms with Crippen LogP contribution in [0.2, 0.25) is 0 Å². The summed E-state index contributed by atoms with van der Waals surface area (Å²) in [4.78, 5) is 0.